The predicted molar refractivity (Wildman–Crippen MR) is 222 cm³/mol. The van der Waals surface area contributed by atoms with E-state index in [0.717, 1.165) is 71.7 Å². The number of hydrogen-bond donors (Lipinski definition) is 0. The standard InChI is InChI=1S/C50H30N4O/c51-31-41-28-38-14-7-8-15-39(38)29-44(41)35-22-24-37(25-23-35)49-52-48(36-12-5-2-6-13-36)53-50(54-49)40-26-27-43-46(30-40)55-45-17-9-16-42(47(43)45)34-20-18-33(19-21-34)32-10-3-1-4-11-32/h1-30H. The lowest BCUT2D eigenvalue weighted by Gasteiger charge is -2.10. The van der Waals surface area contributed by atoms with Crippen molar-refractivity contribution < 1.29 is 4.42 Å². The number of fused-ring (bicyclic) bond motifs is 4. The van der Waals surface area contributed by atoms with Crippen LogP contribution in [0.15, 0.2) is 186 Å². The van der Waals surface area contributed by atoms with Crippen molar-refractivity contribution in [1.82, 2.24) is 15.0 Å². The molecule has 0 fully saturated rings. The van der Waals surface area contributed by atoms with Crippen LogP contribution in [-0.2, 0) is 0 Å². The van der Waals surface area contributed by atoms with Gasteiger partial charge in [-0.3, -0.25) is 0 Å². The number of nitrogens with zero attached hydrogens (tertiary/aromatic N) is 4. The zero-order valence-corrected chi connectivity index (χ0v) is 29.5. The quantitative estimate of drug-likeness (QED) is 0.172. The molecule has 0 atom stereocenters. The maximum atomic E-state index is 9.98. The molecule has 5 nitrogen and oxygen atoms in total. The van der Waals surface area contributed by atoms with Gasteiger partial charge < -0.3 is 4.42 Å². The highest BCUT2D eigenvalue weighted by molar-refractivity contribution is 6.13. The van der Waals surface area contributed by atoms with Crippen LogP contribution in [0.1, 0.15) is 5.56 Å². The number of furan rings is 1. The minimum Gasteiger partial charge on any atom is -0.456 e. The molecule has 0 saturated heterocycles. The molecule has 10 rings (SSSR count). The molecule has 5 heteroatoms. The third-order valence-corrected chi connectivity index (χ3v) is 10.2. The van der Waals surface area contributed by atoms with E-state index in [1.807, 2.05) is 103 Å². The van der Waals surface area contributed by atoms with Gasteiger partial charge in [0.1, 0.15) is 11.2 Å². The van der Waals surface area contributed by atoms with Gasteiger partial charge in [-0.25, -0.2) is 15.0 Å². The largest absolute Gasteiger partial charge is 0.456 e. The maximum absolute atomic E-state index is 9.98. The summed E-state index contributed by atoms with van der Waals surface area (Å²) in [6.07, 6.45) is 0. The Morgan fingerprint density at radius 1 is 0.382 bits per heavy atom. The fourth-order valence-electron chi connectivity index (χ4n) is 7.40. The van der Waals surface area contributed by atoms with Crippen LogP contribution in [0.3, 0.4) is 0 Å². The Bertz CT molecular complexity index is 3070. The highest BCUT2D eigenvalue weighted by Gasteiger charge is 2.17. The molecule has 0 bridgehead atoms. The Kier molecular flexibility index (Phi) is 7.79. The van der Waals surface area contributed by atoms with Crippen LogP contribution in [0.2, 0.25) is 0 Å². The van der Waals surface area contributed by atoms with Crippen LogP contribution < -0.4 is 0 Å². The summed E-state index contributed by atoms with van der Waals surface area (Å²) in [5.41, 5.74) is 11.2. The molecule has 55 heavy (non-hydrogen) atoms. The zero-order chi connectivity index (χ0) is 36.7. The predicted octanol–water partition coefficient (Wildman–Crippen LogP) is 12.8. The molecule has 8 aromatic carbocycles. The van der Waals surface area contributed by atoms with Crippen LogP contribution in [-0.4, -0.2) is 15.0 Å². The van der Waals surface area contributed by atoms with Crippen LogP contribution in [0.25, 0.3) is 100 Å². The smallest absolute Gasteiger partial charge is 0.164 e. The highest BCUT2D eigenvalue weighted by atomic mass is 16.3. The lowest BCUT2D eigenvalue weighted by molar-refractivity contribution is 0.669. The van der Waals surface area contributed by atoms with E-state index in [2.05, 4.69) is 84.9 Å². The molecular weight excluding hydrogens is 673 g/mol. The van der Waals surface area contributed by atoms with Crippen LogP contribution in [0, 0.1) is 11.3 Å². The minimum atomic E-state index is 0.549. The molecule has 256 valence electrons. The lowest BCUT2D eigenvalue weighted by atomic mass is 9.95. The van der Waals surface area contributed by atoms with Gasteiger partial charge in [-0.1, -0.05) is 152 Å². The molecule has 0 aliphatic carbocycles. The molecule has 0 aliphatic rings. The molecule has 0 amide bonds. The molecule has 0 radical (unpaired) electrons. The minimum absolute atomic E-state index is 0.549. The van der Waals surface area contributed by atoms with E-state index in [-0.39, 0.29) is 0 Å². The van der Waals surface area contributed by atoms with Gasteiger partial charge in [-0.15, -0.1) is 0 Å². The Labute approximate surface area is 317 Å². The van der Waals surface area contributed by atoms with Crippen molar-refractivity contribution in [3.8, 4) is 73.6 Å². The summed E-state index contributed by atoms with van der Waals surface area (Å²) in [6, 6.07) is 64.1. The van der Waals surface area contributed by atoms with Crippen molar-refractivity contribution in [2.24, 2.45) is 0 Å². The van der Waals surface area contributed by atoms with E-state index in [9.17, 15) is 5.26 Å². The zero-order valence-electron chi connectivity index (χ0n) is 29.5. The molecule has 2 aromatic heterocycles. The summed E-state index contributed by atoms with van der Waals surface area (Å²) in [6.45, 7) is 0. The van der Waals surface area contributed by atoms with Gasteiger partial charge >= 0.3 is 0 Å². The normalized spacial score (nSPS) is 11.3. The van der Waals surface area contributed by atoms with Crippen LogP contribution in [0.4, 0.5) is 0 Å². The summed E-state index contributed by atoms with van der Waals surface area (Å²) in [7, 11) is 0. The van der Waals surface area contributed by atoms with Crippen molar-refractivity contribution in [3.63, 3.8) is 0 Å². The molecule has 0 N–H and O–H groups in total. The van der Waals surface area contributed by atoms with Crippen molar-refractivity contribution in [2.75, 3.05) is 0 Å². The molecule has 0 unspecified atom stereocenters. The Morgan fingerprint density at radius 3 is 1.56 bits per heavy atom. The molecule has 0 aliphatic heterocycles. The number of benzene rings is 8. The van der Waals surface area contributed by atoms with E-state index >= 15 is 0 Å². The summed E-state index contributed by atoms with van der Waals surface area (Å²) < 4.78 is 6.51. The highest BCUT2D eigenvalue weighted by Crippen LogP contribution is 2.39. The second-order valence-corrected chi connectivity index (χ2v) is 13.5. The van der Waals surface area contributed by atoms with Gasteiger partial charge in [-0.05, 0) is 68.9 Å². The summed E-state index contributed by atoms with van der Waals surface area (Å²) in [5, 5.41) is 14.2. The Hall–Kier alpha value is -7.68. The van der Waals surface area contributed by atoms with E-state index in [4.69, 9.17) is 19.4 Å². The molecule has 10 aromatic rings. The van der Waals surface area contributed by atoms with E-state index < -0.39 is 0 Å². The summed E-state index contributed by atoms with van der Waals surface area (Å²) in [4.78, 5) is 14.9. The van der Waals surface area contributed by atoms with E-state index in [1.54, 1.807) is 0 Å². The van der Waals surface area contributed by atoms with Gasteiger partial charge in [0.25, 0.3) is 0 Å². The van der Waals surface area contributed by atoms with Crippen molar-refractivity contribution >= 4 is 32.7 Å². The van der Waals surface area contributed by atoms with Crippen LogP contribution >= 0.6 is 0 Å². The van der Waals surface area contributed by atoms with Gasteiger partial charge in [0.2, 0.25) is 0 Å². The second kappa shape index (κ2) is 13.4. The van der Waals surface area contributed by atoms with E-state index in [0.29, 0.717) is 23.0 Å². The first-order chi connectivity index (χ1) is 27.2. The number of hydrogen-bond acceptors (Lipinski definition) is 5. The summed E-state index contributed by atoms with van der Waals surface area (Å²) in [5.74, 6) is 1.69. The number of aromatic nitrogens is 3. The van der Waals surface area contributed by atoms with Crippen molar-refractivity contribution in [3.05, 3.63) is 188 Å². The molecule has 0 saturated carbocycles. The fourth-order valence-corrected chi connectivity index (χ4v) is 7.40. The monoisotopic (exact) mass is 702 g/mol. The summed E-state index contributed by atoms with van der Waals surface area (Å²) >= 11 is 0. The van der Waals surface area contributed by atoms with Gasteiger partial charge in [-0.2, -0.15) is 5.26 Å². The maximum Gasteiger partial charge on any atom is 0.164 e. The second-order valence-electron chi connectivity index (χ2n) is 13.5. The average Bonchev–Trinajstić information content (AvgIpc) is 3.65. The van der Waals surface area contributed by atoms with Gasteiger partial charge in [0.15, 0.2) is 17.5 Å². The Morgan fingerprint density at radius 2 is 0.891 bits per heavy atom. The lowest BCUT2D eigenvalue weighted by Crippen LogP contribution is -2.00. The number of rotatable bonds is 6. The van der Waals surface area contributed by atoms with Gasteiger partial charge in [0.05, 0.1) is 11.6 Å². The first-order valence-corrected chi connectivity index (χ1v) is 18.2. The third kappa shape index (κ3) is 5.89. The Balaban J connectivity index is 1.05. The number of nitriles is 1. The van der Waals surface area contributed by atoms with E-state index in [1.165, 1.54) is 11.1 Å². The van der Waals surface area contributed by atoms with Gasteiger partial charge in [0, 0.05) is 33.0 Å². The topological polar surface area (TPSA) is 75.6 Å². The van der Waals surface area contributed by atoms with Crippen LogP contribution in [0.5, 0.6) is 0 Å². The molecule has 0 spiro atoms. The molecular formula is C50H30N4O. The first-order valence-electron chi connectivity index (χ1n) is 18.2. The fraction of sp³-hybridized carbons (Fsp3) is 0. The SMILES string of the molecule is N#Cc1cc2ccccc2cc1-c1ccc(-c2nc(-c3ccccc3)nc(-c3ccc4c(c3)oc3cccc(-c5ccc(-c6ccccc6)cc5)c34)n2)cc1. The third-order valence-electron chi connectivity index (χ3n) is 10.2. The van der Waals surface area contributed by atoms with Crippen molar-refractivity contribution in [1.29, 1.82) is 5.26 Å². The van der Waals surface area contributed by atoms with Crippen molar-refractivity contribution in [2.45, 2.75) is 0 Å². The average molecular weight is 703 g/mol. The molecule has 2 heterocycles. The first kappa shape index (κ1) is 32.0.